The summed E-state index contributed by atoms with van der Waals surface area (Å²) in [5.74, 6) is 1.60. The minimum absolute atomic E-state index is 0.113. The molecule has 1 unspecified atom stereocenters. The van der Waals surface area contributed by atoms with Crippen molar-refractivity contribution in [3.05, 3.63) is 44.1 Å². The van der Waals surface area contributed by atoms with Crippen LogP contribution in [0.4, 0.5) is 0 Å². The molecule has 5 heteroatoms. The number of benzene rings is 1. The van der Waals surface area contributed by atoms with E-state index in [1.54, 1.807) is 25.6 Å². The maximum absolute atomic E-state index is 5.35. The van der Waals surface area contributed by atoms with Crippen molar-refractivity contribution in [3.8, 4) is 11.5 Å². The van der Waals surface area contributed by atoms with Crippen LogP contribution < -0.4 is 14.8 Å². The highest BCUT2D eigenvalue weighted by Gasteiger charge is 2.18. The van der Waals surface area contributed by atoms with Crippen molar-refractivity contribution >= 4 is 27.3 Å². The fourth-order valence-electron chi connectivity index (χ4n) is 2.24. The molecule has 0 fully saturated rings. The second kappa shape index (κ2) is 6.61. The average Bonchev–Trinajstić information content (AvgIpc) is 2.78. The van der Waals surface area contributed by atoms with Crippen molar-refractivity contribution in [1.29, 1.82) is 0 Å². The van der Waals surface area contributed by atoms with Gasteiger partial charge in [0, 0.05) is 10.9 Å². The Kier molecular flexibility index (Phi) is 5.07. The Morgan fingerprint density at radius 1 is 1.10 bits per heavy atom. The van der Waals surface area contributed by atoms with Gasteiger partial charge >= 0.3 is 0 Å². The highest BCUT2D eigenvalue weighted by atomic mass is 79.9. The van der Waals surface area contributed by atoms with Crippen LogP contribution in [0.2, 0.25) is 0 Å². The first-order valence-corrected chi connectivity index (χ1v) is 7.86. The molecule has 0 radical (unpaired) electrons. The summed E-state index contributed by atoms with van der Waals surface area (Å²) in [4.78, 5) is 1.29. The van der Waals surface area contributed by atoms with Gasteiger partial charge in [0.2, 0.25) is 0 Å². The van der Waals surface area contributed by atoms with E-state index in [0.29, 0.717) is 0 Å². The molecule has 2 aromatic rings. The van der Waals surface area contributed by atoms with Gasteiger partial charge in [0.25, 0.3) is 0 Å². The van der Waals surface area contributed by atoms with E-state index in [4.69, 9.17) is 9.47 Å². The lowest BCUT2D eigenvalue weighted by atomic mass is 9.99. The monoisotopic (exact) mass is 355 g/mol. The molecule has 1 N–H and O–H groups in total. The number of ether oxygens (including phenoxy) is 2. The molecule has 0 spiro atoms. The lowest BCUT2D eigenvalue weighted by Gasteiger charge is -2.18. The SMILES string of the molecule is CNC(c1cc(OC)cc(OC)c1)c1cc(Br)sc1C. The summed E-state index contributed by atoms with van der Waals surface area (Å²) in [5.41, 5.74) is 2.39. The summed E-state index contributed by atoms with van der Waals surface area (Å²) < 4.78 is 11.8. The molecule has 0 aliphatic carbocycles. The molecule has 108 valence electrons. The van der Waals surface area contributed by atoms with E-state index in [9.17, 15) is 0 Å². The normalized spacial score (nSPS) is 12.2. The number of rotatable bonds is 5. The van der Waals surface area contributed by atoms with Gasteiger partial charge in [-0.15, -0.1) is 11.3 Å². The van der Waals surface area contributed by atoms with Crippen molar-refractivity contribution in [1.82, 2.24) is 5.32 Å². The van der Waals surface area contributed by atoms with Crippen LogP contribution in [0, 0.1) is 6.92 Å². The van der Waals surface area contributed by atoms with Crippen LogP contribution in [-0.2, 0) is 0 Å². The Balaban J connectivity index is 2.48. The van der Waals surface area contributed by atoms with Gasteiger partial charge in [0.1, 0.15) is 11.5 Å². The molecular weight excluding hydrogens is 338 g/mol. The Bertz CT molecular complexity index is 575. The summed E-state index contributed by atoms with van der Waals surface area (Å²) in [5, 5.41) is 3.37. The summed E-state index contributed by atoms with van der Waals surface area (Å²) >= 11 is 5.29. The van der Waals surface area contributed by atoms with Crippen LogP contribution in [0.15, 0.2) is 28.1 Å². The average molecular weight is 356 g/mol. The third-order valence-corrected chi connectivity index (χ3v) is 4.80. The quantitative estimate of drug-likeness (QED) is 0.873. The highest BCUT2D eigenvalue weighted by molar-refractivity contribution is 9.11. The molecule has 0 saturated heterocycles. The van der Waals surface area contributed by atoms with Gasteiger partial charge in [0.15, 0.2) is 0 Å². The van der Waals surface area contributed by atoms with Crippen LogP contribution in [0.5, 0.6) is 11.5 Å². The Labute approximate surface area is 132 Å². The first-order valence-electron chi connectivity index (χ1n) is 6.25. The van der Waals surface area contributed by atoms with E-state index in [1.807, 2.05) is 25.2 Å². The van der Waals surface area contributed by atoms with Gasteiger partial charge in [-0.1, -0.05) is 0 Å². The molecule has 2 rings (SSSR count). The zero-order valence-electron chi connectivity index (χ0n) is 12.0. The standard InChI is InChI=1S/C15H18BrNO2S/c1-9-13(8-14(16)20-9)15(17-2)10-5-11(18-3)7-12(6-10)19-4/h5-8,15,17H,1-4H3. The van der Waals surface area contributed by atoms with Crippen molar-refractivity contribution < 1.29 is 9.47 Å². The van der Waals surface area contributed by atoms with E-state index in [0.717, 1.165) is 20.8 Å². The fourth-order valence-corrected chi connectivity index (χ4v) is 3.99. The first kappa shape index (κ1) is 15.4. The van der Waals surface area contributed by atoms with Crippen LogP contribution in [-0.4, -0.2) is 21.3 Å². The molecule has 0 saturated carbocycles. The van der Waals surface area contributed by atoms with Gasteiger partial charge < -0.3 is 14.8 Å². The van der Waals surface area contributed by atoms with E-state index < -0.39 is 0 Å². The second-order valence-corrected chi connectivity index (χ2v) is 7.07. The molecule has 1 aromatic carbocycles. The Morgan fingerprint density at radius 3 is 2.10 bits per heavy atom. The van der Waals surface area contributed by atoms with Crippen LogP contribution in [0.3, 0.4) is 0 Å². The van der Waals surface area contributed by atoms with Crippen molar-refractivity contribution in [2.24, 2.45) is 0 Å². The van der Waals surface area contributed by atoms with Crippen molar-refractivity contribution in [2.75, 3.05) is 21.3 Å². The predicted octanol–water partition coefficient (Wildman–Crippen LogP) is 4.15. The lowest BCUT2D eigenvalue weighted by molar-refractivity contribution is 0.392. The highest BCUT2D eigenvalue weighted by Crippen LogP contribution is 2.35. The summed E-state index contributed by atoms with van der Waals surface area (Å²) in [6.45, 7) is 2.13. The third kappa shape index (κ3) is 3.16. The zero-order chi connectivity index (χ0) is 14.7. The smallest absolute Gasteiger partial charge is 0.122 e. The number of nitrogens with one attached hydrogen (secondary N) is 1. The number of hydrogen-bond acceptors (Lipinski definition) is 4. The molecule has 1 heterocycles. The van der Waals surface area contributed by atoms with Crippen molar-refractivity contribution in [2.45, 2.75) is 13.0 Å². The van der Waals surface area contributed by atoms with Crippen molar-refractivity contribution in [3.63, 3.8) is 0 Å². The van der Waals surface area contributed by atoms with Crippen LogP contribution >= 0.6 is 27.3 Å². The minimum Gasteiger partial charge on any atom is -0.497 e. The number of hydrogen-bond donors (Lipinski definition) is 1. The Morgan fingerprint density at radius 2 is 1.70 bits per heavy atom. The molecule has 20 heavy (non-hydrogen) atoms. The lowest BCUT2D eigenvalue weighted by Crippen LogP contribution is -2.18. The van der Waals surface area contributed by atoms with E-state index in [1.165, 1.54) is 10.4 Å². The molecule has 3 nitrogen and oxygen atoms in total. The molecule has 1 atom stereocenters. The number of methoxy groups -OCH3 is 2. The van der Waals surface area contributed by atoms with Gasteiger partial charge in [-0.25, -0.2) is 0 Å². The molecule has 0 bridgehead atoms. The summed E-state index contributed by atoms with van der Waals surface area (Å²) in [6, 6.07) is 8.23. The van der Waals surface area contributed by atoms with Crippen LogP contribution in [0.25, 0.3) is 0 Å². The number of halogens is 1. The van der Waals surface area contributed by atoms with E-state index in [-0.39, 0.29) is 6.04 Å². The van der Waals surface area contributed by atoms with E-state index >= 15 is 0 Å². The molecular formula is C15H18BrNO2S. The zero-order valence-corrected chi connectivity index (χ0v) is 14.4. The maximum Gasteiger partial charge on any atom is 0.122 e. The second-order valence-electron chi connectivity index (χ2n) is 4.43. The minimum atomic E-state index is 0.113. The topological polar surface area (TPSA) is 30.5 Å². The molecule has 0 aliphatic heterocycles. The molecule has 0 amide bonds. The van der Waals surface area contributed by atoms with Gasteiger partial charge in [-0.3, -0.25) is 0 Å². The number of thiophene rings is 1. The maximum atomic E-state index is 5.35. The van der Waals surface area contributed by atoms with Gasteiger partial charge in [0.05, 0.1) is 24.0 Å². The summed E-state index contributed by atoms with van der Waals surface area (Å²) in [6.07, 6.45) is 0. The first-order chi connectivity index (χ1) is 9.58. The van der Waals surface area contributed by atoms with Gasteiger partial charge in [-0.05, 0) is 59.2 Å². The van der Waals surface area contributed by atoms with Crippen LogP contribution in [0.1, 0.15) is 22.0 Å². The van der Waals surface area contributed by atoms with E-state index in [2.05, 4.69) is 34.2 Å². The summed E-state index contributed by atoms with van der Waals surface area (Å²) in [7, 11) is 5.29. The molecule has 1 aromatic heterocycles. The van der Waals surface area contributed by atoms with Gasteiger partial charge in [-0.2, -0.15) is 0 Å². The predicted molar refractivity (Wildman–Crippen MR) is 87.2 cm³/mol. The largest absolute Gasteiger partial charge is 0.497 e. The molecule has 0 aliphatic rings. The fraction of sp³-hybridized carbons (Fsp3) is 0.333. The number of aryl methyl sites for hydroxylation is 1. The Hall–Kier alpha value is -1.04. The third-order valence-electron chi connectivity index (χ3n) is 3.23.